The van der Waals surface area contributed by atoms with Crippen molar-refractivity contribution in [3.63, 3.8) is 0 Å². The summed E-state index contributed by atoms with van der Waals surface area (Å²) < 4.78 is 34.2. The second kappa shape index (κ2) is 3.58. The van der Waals surface area contributed by atoms with Crippen LogP contribution in [0.3, 0.4) is 0 Å². The molecule has 6 heteroatoms. The fourth-order valence-corrected chi connectivity index (χ4v) is 1.83. The average molecular weight is 240 g/mol. The summed E-state index contributed by atoms with van der Waals surface area (Å²) >= 11 is 0. The minimum absolute atomic E-state index is 0.0404. The monoisotopic (exact) mass is 240 g/mol. The van der Waals surface area contributed by atoms with Gasteiger partial charge >= 0.3 is 6.29 Å². The molecule has 2 aliphatic rings. The highest BCUT2D eigenvalue weighted by Gasteiger charge is 2.43. The first kappa shape index (κ1) is 10.3. The molecule has 3 rings (SSSR count). The standard InChI is InChI=1S/C11H10F2N2O2/c12-11(13)16-8-4-3-7(6-9(8)17-11)15-10-2-1-5-14-10/h3-4,6H,1-2,5H2,(H,14,15). The number of aliphatic imine (C=N–C) groups is 1. The van der Waals surface area contributed by atoms with Gasteiger partial charge in [0.05, 0.1) is 0 Å². The van der Waals surface area contributed by atoms with Crippen molar-refractivity contribution in [1.82, 2.24) is 0 Å². The summed E-state index contributed by atoms with van der Waals surface area (Å²) in [6, 6.07) is 4.59. The Bertz CT molecular complexity index is 488. The van der Waals surface area contributed by atoms with Crippen LogP contribution in [0.4, 0.5) is 14.5 Å². The van der Waals surface area contributed by atoms with Gasteiger partial charge < -0.3 is 14.8 Å². The van der Waals surface area contributed by atoms with Crippen molar-refractivity contribution in [3.8, 4) is 11.5 Å². The van der Waals surface area contributed by atoms with Crippen molar-refractivity contribution in [3.05, 3.63) is 18.2 Å². The molecule has 0 aromatic heterocycles. The summed E-state index contributed by atoms with van der Waals surface area (Å²) in [7, 11) is 0. The highest BCUT2D eigenvalue weighted by Crippen LogP contribution is 2.42. The molecule has 2 aliphatic heterocycles. The lowest BCUT2D eigenvalue weighted by Gasteiger charge is -2.06. The van der Waals surface area contributed by atoms with Crippen LogP contribution in [0.2, 0.25) is 0 Å². The molecule has 0 atom stereocenters. The first-order chi connectivity index (χ1) is 8.12. The van der Waals surface area contributed by atoms with Crippen LogP contribution in [0.1, 0.15) is 12.8 Å². The molecule has 17 heavy (non-hydrogen) atoms. The second-order valence-corrected chi connectivity index (χ2v) is 3.89. The van der Waals surface area contributed by atoms with Gasteiger partial charge in [-0.2, -0.15) is 0 Å². The number of alkyl halides is 2. The van der Waals surface area contributed by atoms with Gasteiger partial charge in [-0.3, -0.25) is 4.99 Å². The Balaban J connectivity index is 1.80. The Morgan fingerprint density at radius 3 is 2.82 bits per heavy atom. The highest BCUT2D eigenvalue weighted by molar-refractivity contribution is 5.96. The zero-order valence-corrected chi connectivity index (χ0v) is 8.87. The lowest BCUT2D eigenvalue weighted by Crippen LogP contribution is -2.25. The predicted octanol–water partition coefficient (Wildman–Crippen LogP) is 2.61. The van der Waals surface area contributed by atoms with E-state index in [0.29, 0.717) is 5.69 Å². The molecule has 0 fully saturated rings. The number of rotatable bonds is 1. The first-order valence-corrected chi connectivity index (χ1v) is 5.33. The number of nitrogens with zero attached hydrogens (tertiary/aromatic N) is 1. The van der Waals surface area contributed by atoms with Gasteiger partial charge in [-0.25, -0.2) is 0 Å². The molecule has 1 aromatic carbocycles. The molecule has 0 radical (unpaired) electrons. The van der Waals surface area contributed by atoms with Crippen molar-refractivity contribution in [2.75, 3.05) is 11.9 Å². The first-order valence-electron chi connectivity index (χ1n) is 5.33. The molecule has 0 aliphatic carbocycles. The topological polar surface area (TPSA) is 42.8 Å². The molecule has 4 nitrogen and oxygen atoms in total. The summed E-state index contributed by atoms with van der Waals surface area (Å²) in [6.07, 6.45) is -1.67. The molecule has 0 saturated carbocycles. The molecule has 2 heterocycles. The van der Waals surface area contributed by atoms with Crippen LogP contribution in [-0.4, -0.2) is 18.7 Å². The van der Waals surface area contributed by atoms with Gasteiger partial charge in [-0.1, -0.05) is 0 Å². The lowest BCUT2D eigenvalue weighted by atomic mass is 10.2. The maximum absolute atomic E-state index is 12.8. The fraction of sp³-hybridized carbons (Fsp3) is 0.364. The van der Waals surface area contributed by atoms with E-state index in [1.165, 1.54) is 12.1 Å². The number of nitrogens with one attached hydrogen (secondary N) is 1. The van der Waals surface area contributed by atoms with Gasteiger partial charge in [0.2, 0.25) is 0 Å². The van der Waals surface area contributed by atoms with Gasteiger partial charge in [-0.05, 0) is 18.6 Å². The van der Waals surface area contributed by atoms with Crippen LogP contribution in [-0.2, 0) is 0 Å². The Kier molecular flexibility index (Phi) is 2.17. The number of anilines is 1. The molecule has 0 spiro atoms. The van der Waals surface area contributed by atoms with Crippen LogP contribution >= 0.6 is 0 Å². The zero-order valence-electron chi connectivity index (χ0n) is 8.87. The van der Waals surface area contributed by atoms with Crippen LogP contribution in [0.15, 0.2) is 23.2 Å². The third kappa shape index (κ3) is 2.02. The third-order valence-electron chi connectivity index (χ3n) is 2.56. The second-order valence-electron chi connectivity index (χ2n) is 3.89. The highest BCUT2D eigenvalue weighted by atomic mass is 19.3. The summed E-state index contributed by atoms with van der Waals surface area (Å²) in [5.41, 5.74) is 0.672. The number of fused-ring (bicyclic) bond motifs is 1. The van der Waals surface area contributed by atoms with E-state index < -0.39 is 6.29 Å². The molecular weight excluding hydrogens is 230 g/mol. The summed E-state index contributed by atoms with van der Waals surface area (Å²) in [6.45, 7) is 0.810. The number of hydrogen-bond acceptors (Lipinski definition) is 4. The SMILES string of the molecule is FC1(F)Oc2ccc(NC3=NCCC3)cc2O1. The van der Waals surface area contributed by atoms with Crippen LogP contribution in [0.5, 0.6) is 11.5 Å². The van der Waals surface area contributed by atoms with E-state index in [2.05, 4.69) is 19.8 Å². The van der Waals surface area contributed by atoms with Gasteiger partial charge in [0.25, 0.3) is 0 Å². The van der Waals surface area contributed by atoms with Gasteiger partial charge in [0.15, 0.2) is 11.5 Å². The van der Waals surface area contributed by atoms with Crippen molar-refractivity contribution < 1.29 is 18.3 Å². The average Bonchev–Trinajstić information content (AvgIpc) is 2.83. The third-order valence-corrected chi connectivity index (χ3v) is 2.56. The Morgan fingerprint density at radius 1 is 1.24 bits per heavy atom. The number of benzene rings is 1. The number of hydrogen-bond donors (Lipinski definition) is 1. The smallest absolute Gasteiger partial charge is 0.395 e. The molecule has 0 amide bonds. The Labute approximate surface area is 96.2 Å². The van der Waals surface area contributed by atoms with E-state index in [9.17, 15) is 8.78 Å². The van der Waals surface area contributed by atoms with Crippen molar-refractivity contribution in [2.45, 2.75) is 19.1 Å². The van der Waals surface area contributed by atoms with Crippen LogP contribution < -0.4 is 14.8 Å². The largest absolute Gasteiger partial charge is 0.586 e. The van der Waals surface area contributed by atoms with E-state index in [1.54, 1.807) is 6.07 Å². The lowest BCUT2D eigenvalue weighted by molar-refractivity contribution is -0.286. The fourth-order valence-electron chi connectivity index (χ4n) is 1.83. The quantitative estimate of drug-likeness (QED) is 0.820. The van der Waals surface area contributed by atoms with Gasteiger partial charge in [0.1, 0.15) is 5.84 Å². The van der Waals surface area contributed by atoms with E-state index >= 15 is 0 Å². The van der Waals surface area contributed by atoms with Gasteiger partial charge in [0, 0.05) is 24.7 Å². The number of ether oxygens (including phenoxy) is 2. The molecule has 1 aromatic rings. The normalized spacial score (nSPS) is 20.2. The molecule has 1 N–H and O–H groups in total. The van der Waals surface area contributed by atoms with Crippen molar-refractivity contribution >= 4 is 11.5 Å². The van der Waals surface area contributed by atoms with Crippen molar-refractivity contribution in [1.29, 1.82) is 0 Å². The van der Waals surface area contributed by atoms with Crippen LogP contribution in [0.25, 0.3) is 0 Å². The molecule has 90 valence electrons. The van der Waals surface area contributed by atoms with Gasteiger partial charge in [-0.15, -0.1) is 8.78 Å². The van der Waals surface area contributed by atoms with E-state index in [1.807, 2.05) is 0 Å². The summed E-state index contributed by atoms with van der Waals surface area (Å²) in [5.74, 6) is 0.961. The Hall–Kier alpha value is -1.85. The molecular formula is C11H10F2N2O2. The molecule has 0 saturated heterocycles. The maximum atomic E-state index is 12.8. The predicted molar refractivity (Wildman–Crippen MR) is 57.8 cm³/mol. The van der Waals surface area contributed by atoms with Crippen molar-refractivity contribution in [2.24, 2.45) is 4.99 Å². The molecule has 0 unspecified atom stereocenters. The number of halogens is 2. The summed E-state index contributed by atoms with van der Waals surface area (Å²) in [4.78, 5) is 4.24. The summed E-state index contributed by atoms with van der Waals surface area (Å²) in [5, 5.41) is 3.07. The minimum atomic E-state index is -3.56. The van der Waals surface area contributed by atoms with E-state index in [4.69, 9.17) is 0 Å². The van der Waals surface area contributed by atoms with E-state index in [-0.39, 0.29) is 11.5 Å². The molecule has 0 bridgehead atoms. The number of amidine groups is 1. The Morgan fingerprint density at radius 2 is 2.06 bits per heavy atom. The maximum Gasteiger partial charge on any atom is 0.586 e. The zero-order chi connectivity index (χ0) is 11.9. The minimum Gasteiger partial charge on any atom is -0.395 e. The van der Waals surface area contributed by atoms with E-state index in [0.717, 1.165) is 25.2 Å². The van der Waals surface area contributed by atoms with Crippen LogP contribution in [0, 0.1) is 0 Å².